The minimum Gasteiger partial charge on any atom is -0.396 e. The standard InChI is InChI=1S/C18H25NO4S/c20-11-13-24-15-5-3-14(4-6-15)17(22)19-9-7-18(8-10-19)16(21)2-1-12-23-18/h3-6,16,20-21H,1-2,7-13H2/t16-/m0/s1. The van der Waals surface area contributed by atoms with Crippen LogP contribution in [0.15, 0.2) is 29.2 Å². The number of thioether (sulfide) groups is 1. The molecule has 0 bridgehead atoms. The van der Waals surface area contributed by atoms with Crippen molar-refractivity contribution in [3.8, 4) is 0 Å². The molecule has 2 heterocycles. The highest BCUT2D eigenvalue weighted by Crippen LogP contribution is 2.35. The molecule has 0 radical (unpaired) electrons. The summed E-state index contributed by atoms with van der Waals surface area (Å²) in [4.78, 5) is 15.6. The Morgan fingerprint density at radius 1 is 1.29 bits per heavy atom. The number of hydrogen-bond acceptors (Lipinski definition) is 5. The van der Waals surface area contributed by atoms with Gasteiger partial charge in [0, 0.05) is 35.9 Å². The van der Waals surface area contributed by atoms with E-state index in [1.54, 1.807) is 11.8 Å². The van der Waals surface area contributed by atoms with Crippen molar-refractivity contribution in [2.24, 2.45) is 0 Å². The van der Waals surface area contributed by atoms with Gasteiger partial charge < -0.3 is 19.8 Å². The van der Waals surface area contributed by atoms with Crippen LogP contribution in [0.5, 0.6) is 0 Å². The molecule has 0 aliphatic carbocycles. The number of rotatable bonds is 4. The van der Waals surface area contributed by atoms with E-state index in [0.717, 1.165) is 17.7 Å². The number of piperidine rings is 1. The fraction of sp³-hybridized carbons (Fsp3) is 0.611. The number of aliphatic hydroxyl groups excluding tert-OH is 2. The Labute approximate surface area is 147 Å². The van der Waals surface area contributed by atoms with Gasteiger partial charge in [-0.1, -0.05) is 0 Å². The summed E-state index contributed by atoms with van der Waals surface area (Å²) in [5.74, 6) is 0.693. The van der Waals surface area contributed by atoms with E-state index in [2.05, 4.69) is 0 Å². The molecule has 2 fully saturated rings. The van der Waals surface area contributed by atoms with E-state index in [1.807, 2.05) is 29.2 Å². The lowest BCUT2D eigenvalue weighted by molar-refractivity contribution is -0.174. The average Bonchev–Trinajstić information content (AvgIpc) is 2.63. The van der Waals surface area contributed by atoms with Crippen LogP contribution in [0.3, 0.4) is 0 Å². The molecule has 1 aromatic rings. The topological polar surface area (TPSA) is 70.0 Å². The minimum absolute atomic E-state index is 0.0360. The SMILES string of the molecule is O=C(c1ccc(SCCO)cc1)N1CCC2(CC1)OCCC[C@@H]2O. The lowest BCUT2D eigenvalue weighted by Crippen LogP contribution is -2.56. The molecule has 3 rings (SSSR count). The zero-order valence-corrected chi connectivity index (χ0v) is 14.6. The lowest BCUT2D eigenvalue weighted by atomic mass is 9.82. The third kappa shape index (κ3) is 3.77. The molecule has 0 saturated carbocycles. The second-order valence-corrected chi connectivity index (χ2v) is 7.63. The van der Waals surface area contributed by atoms with Crippen molar-refractivity contribution in [3.63, 3.8) is 0 Å². The van der Waals surface area contributed by atoms with E-state index in [4.69, 9.17) is 9.84 Å². The highest BCUT2D eigenvalue weighted by molar-refractivity contribution is 7.99. The van der Waals surface area contributed by atoms with Crippen LogP contribution in [-0.2, 0) is 4.74 Å². The van der Waals surface area contributed by atoms with Crippen LogP contribution in [0.1, 0.15) is 36.0 Å². The Hall–Kier alpha value is -1.08. The molecule has 2 aliphatic heterocycles. The van der Waals surface area contributed by atoms with Gasteiger partial charge >= 0.3 is 0 Å². The van der Waals surface area contributed by atoms with Crippen molar-refractivity contribution < 1.29 is 19.7 Å². The molecule has 5 nitrogen and oxygen atoms in total. The largest absolute Gasteiger partial charge is 0.396 e. The van der Waals surface area contributed by atoms with Crippen molar-refractivity contribution in [2.75, 3.05) is 32.1 Å². The summed E-state index contributed by atoms with van der Waals surface area (Å²) in [6.07, 6.45) is 2.69. The molecule has 2 saturated heterocycles. The van der Waals surface area contributed by atoms with Crippen LogP contribution in [0, 0.1) is 0 Å². The van der Waals surface area contributed by atoms with E-state index in [1.165, 1.54) is 0 Å². The summed E-state index contributed by atoms with van der Waals surface area (Å²) in [5.41, 5.74) is 0.240. The van der Waals surface area contributed by atoms with Gasteiger partial charge in [-0.15, -0.1) is 11.8 Å². The first-order valence-corrected chi connectivity index (χ1v) is 9.58. The predicted octanol–water partition coefficient (Wildman–Crippen LogP) is 1.92. The predicted molar refractivity (Wildman–Crippen MR) is 93.3 cm³/mol. The van der Waals surface area contributed by atoms with E-state index in [0.29, 0.717) is 43.9 Å². The first kappa shape index (κ1) is 17.7. The van der Waals surface area contributed by atoms with Crippen molar-refractivity contribution in [2.45, 2.75) is 42.3 Å². The molecule has 1 aromatic carbocycles. The maximum atomic E-state index is 12.7. The Kier molecular flexibility index (Phi) is 5.81. The molecule has 132 valence electrons. The van der Waals surface area contributed by atoms with Gasteiger partial charge in [-0.25, -0.2) is 0 Å². The van der Waals surface area contributed by atoms with Gasteiger partial charge in [0.05, 0.1) is 18.3 Å². The minimum atomic E-state index is -0.445. The van der Waals surface area contributed by atoms with E-state index < -0.39 is 11.7 Å². The number of benzene rings is 1. The second kappa shape index (κ2) is 7.87. The number of carbonyl (C=O) groups is 1. The third-order valence-electron chi connectivity index (χ3n) is 4.98. The van der Waals surface area contributed by atoms with Crippen LogP contribution in [0.2, 0.25) is 0 Å². The van der Waals surface area contributed by atoms with E-state index >= 15 is 0 Å². The average molecular weight is 351 g/mol. The molecule has 0 aromatic heterocycles. The van der Waals surface area contributed by atoms with Gasteiger partial charge in [-0.2, -0.15) is 0 Å². The van der Waals surface area contributed by atoms with Gasteiger partial charge in [0.15, 0.2) is 0 Å². The van der Waals surface area contributed by atoms with E-state index in [9.17, 15) is 9.90 Å². The zero-order valence-electron chi connectivity index (χ0n) is 13.8. The van der Waals surface area contributed by atoms with Crippen LogP contribution < -0.4 is 0 Å². The van der Waals surface area contributed by atoms with E-state index in [-0.39, 0.29) is 12.5 Å². The Morgan fingerprint density at radius 2 is 2.00 bits per heavy atom. The van der Waals surface area contributed by atoms with Crippen molar-refractivity contribution in [3.05, 3.63) is 29.8 Å². The molecule has 1 atom stereocenters. The van der Waals surface area contributed by atoms with Gasteiger partial charge in [-0.05, 0) is 49.9 Å². The summed E-state index contributed by atoms with van der Waals surface area (Å²) in [6, 6.07) is 7.54. The van der Waals surface area contributed by atoms with Crippen LogP contribution in [0.25, 0.3) is 0 Å². The molecule has 1 amide bonds. The number of aliphatic hydroxyl groups is 2. The van der Waals surface area contributed by atoms with Gasteiger partial charge in [0.1, 0.15) is 0 Å². The monoisotopic (exact) mass is 351 g/mol. The Morgan fingerprint density at radius 3 is 2.62 bits per heavy atom. The van der Waals surface area contributed by atoms with Crippen LogP contribution in [0.4, 0.5) is 0 Å². The van der Waals surface area contributed by atoms with Gasteiger partial charge in [-0.3, -0.25) is 4.79 Å². The molecule has 0 unspecified atom stereocenters. The quantitative estimate of drug-likeness (QED) is 0.811. The summed E-state index contributed by atoms with van der Waals surface area (Å²) in [5, 5.41) is 19.1. The molecule has 2 N–H and O–H groups in total. The highest BCUT2D eigenvalue weighted by atomic mass is 32.2. The Bertz CT molecular complexity index is 555. The molecule has 2 aliphatic rings. The van der Waals surface area contributed by atoms with Gasteiger partial charge in [0.2, 0.25) is 0 Å². The third-order valence-corrected chi connectivity index (χ3v) is 5.97. The second-order valence-electron chi connectivity index (χ2n) is 6.46. The number of hydrogen-bond donors (Lipinski definition) is 2. The molecule has 6 heteroatoms. The fourth-order valence-electron chi connectivity index (χ4n) is 3.52. The van der Waals surface area contributed by atoms with Crippen LogP contribution >= 0.6 is 11.8 Å². The first-order valence-electron chi connectivity index (χ1n) is 8.60. The molecular formula is C18H25NO4S. The lowest BCUT2D eigenvalue weighted by Gasteiger charge is -2.46. The zero-order chi connectivity index (χ0) is 17.0. The van der Waals surface area contributed by atoms with Crippen molar-refractivity contribution in [1.29, 1.82) is 0 Å². The smallest absolute Gasteiger partial charge is 0.253 e. The number of likely N-dealkylation sites (tertiary alicyclic amines) is 1. The summed E-state index contributed by atoms with van der Waals surface area (Å²) in [7, 11) is 0. The number of nitrogens with zero attached hydrogens (tertiary/aromatic N) is 1. The number of ether oxygens (including phenoxy) is 1. The fourth-order valence-corrected chi connectivity index (χ4v) is 4.17. The maximum Gasteiger partial charge on any atom is 0.253 e. The number of amides is 1. The van der Waals surface area contributed by atoms with Crippen molar-refractivity contribution in [1.82, 2.24) is 4.90 Å². The summed E-state index contributed by atoms with van der Waals surface area (Å²) in [6.45, 7) is 2.10. The maximum absolute atomic E-state index is 12.7. The first-order chi connectivity index (χ1) is 11.6. The van der Waals surface area contributed by atoms with Crippen molar-refractivity contribution >= 4 is 17.7 Å². The number of carbonyl (C=O) groups excluding carboxylic acids is 1. The molecule has 24 heavy (non-hydrogen) atoms. The molecule has 1 spiro atoms. The molecular weight excluding hydrogens is 326 g/mol. The Balaban J connectivity index is 1.58. The highest BCUT2D eigenvalue weighted by Gasteiger charge is 2.44. The van der Waals surface area contributed by atoms with Gasteiger partial charge in [0.25, 0.3) is 5.91 Å². The van der Waals surface area contributed by atoms with Crippen LogP contribution in [-0.4, -0.2) is 64.8 Å². The summed E-state index contributed by atoms with van der Waals surface area (Å²) >= 11 is 1.57. The summed E-state index contributed by atoms with van der Waals surface area (Å²) < 4.78 is 5.89. The normalized spacial score (nSPS) is 23.4.